The largest absolute Gasteiger partial charge is 0.493 e. The van der Waals surface area contributed by atoms with Gasteiger partial charge in [-0.15, -0.1) is 0 Å². The standard InChI is InChI=1S/C22H25NO2/c1-24-19-12-16-9-10-23(13-14-7-8-14)18-11-15-5-3-4-6-17(15)21(20(16)18)22(19)25-2/h3-6,12,14,18H,7-11,13H2,1-2H3. The summed E-state index contributed by atoms with van der Waals surface area (Å²) in [5, 5.41) is 0. The number of benzene rings is 2. The van der Waals surface area contributed by atoms with Crippen LogP contribution in [-0.4, -0.2) is 32.2 Å². The summed E-state index contributed by atoms with van der Waals surface area (Å²) in [6.45, 7) is 2.41. The summed E-state index contributed by atoms with van der Waals surface area (Å²) in [5.41, 5.74) is 6.95. The lowest BCUT2D eigenvalue weighted by Crippen LogP contribution is -2.39. The van der Waals surface area contributed by atoms with E-state index >= 15 is 0 Å². The molecular weight excluding hydrogens is 310 g/mol. The summed E-state index contributed by atoms with van der Waals surface area (Å²) in [5.74, 6) is 2.68. The van der Waals surface area contributed by atoms with Gasteiger partial charge in [-0.2, -0.15) is 0 Å². The van der Waals surface area contributed by atoms with Gasteiger partial charge in [0.1, 0.15) is 0 Å². The lowest BCUT2D eigenvalue weighted by Gasteiger charge is -2.42. The second-order valence-electron chi connectivity index (χ2n) is 7.63. The van der Waals surface area contributed by atoms with E-state index in [2.05, 4.69) is 35.2 Å². The fourth-order valence-electron chi connectivity index (χ4n) is 4.75. The number of rotatable bonds is 4. The maximum absolute atomic E-state index is 5.85. The Hall–Kier alpha value is -2.00. The molecule has 1 aliphatic heterocycles. The zero-order valence-electron chi connectivity index (χ0n) is 15.0. The van der Waals surface area contributed by atoms with Gasteiger partial charge < -0.3 is 9.47 Å². The van der Waals surface area contributed by atoms with Gasteiger partial charge in [0.05, 0.1) is 14.2 Å². The summed E-state index contributed by atoms with van der Waals surface area (Å²) in [6.07, 6.45) is 5.03. The predicted octanol–water partition coefficient (Wildman–Crippen LogP) is 4.24. The van der Waals surface area contributed by atoms with Crippen molar-refractivity contribution < 1.29 is 9.47 Å². The van der Waals surface area contributed by atoms with E-state index in [1.165, 1.54) is 47.2 Å². The van der Waals surface area contributed by atoms with Crippen molar-refractivity contribution in [3.63, 3.8) is 0 Å². The van der Waals surface area contributed by atoms with E-state index in [1.54, 1.807) is 14.2 Å². The van der Waals surface area contributed by atoms with Crippen molar-refractivity contribution in [2.24, 2.45) is 5.92 Å². The van der Waals surface area contributed by atoms with Gasteiger partial charge in [-0.1, -0.05) is 24.3 Å². The normalized spacial score (nSPS) is 21.4. The van der Waals surface area contributed by atoms with Crippen molar-refractivity contribution >= 4 is 0 Å². The van der Waals surface area contributed by atoms with Gasteiger partial charge in [0, 0.05) is 24.7 Å². The molecule has 2 aliphatic carbocycles. The number of ether oxygens (including phenoxy) is 2. The minimum absolute atomic E-state index is 0.481. The molecule has 0 amide bonds. The van der Waals surface area contributed by atoms with Crippen LogP contribution >= 0.6 is 0 Å². The Morgan fingerprint density at radius 2 is 1.92 bits per heavy atom. The summed E-state index contributed by atoms with van der Waals surface area (Å²) < 4.78 is 11.5. The Morgan fingerprint density at radius 1 is 1.08 bits per heavy atom. The molecule has 0 N–H and O–H groups in total. The van der Waals surface area contributed by atoms with Crippen LogP contribution in [0.1, 0.15) is 35.6 Å². The molecule has 1 saturated carbocycles. The maximum Gasteiger partial charge on any atom is 0.168 e. The second-order valence-corrected chi connectivity index (χ2v) is 7.63. The van der Waals surface area contributed by atoms with Crippen molar-refractivity contribution in [1.29, 1.82) is 0 Å². The molecule has 0 spiro atoms. The zero-order chi connectivity index (χ0) is 17.0. The predicted molar refractivity (Wildman–Crippen MR) is 99.4 cm³/mol. The van der Waals surface area contributed by atoms with Crippen LogP contribution in [0.2, 0.25) is 0 Å². The summed E-state index contributed by atoms with van der Waals surface area (Å²) in [6, 6.07) is 11.5. The Morgan fingerprint density at radius 3 is 2.68 bits per heavy atom. The van der Waals surface area contributed by atoms with Gasteiger partial charge in [-0.05, 0) is 59.9 Å². The average Bonchev–Trinajstić information content (AvgIpc) is 3.47. The molecule has 0 bridgehead atoms. The van der Waals surface area contributed by atoms with Crippen molar-refractivity contribution in [3.05, 3.63) is 47.0 Å². The molecule has 0 aromatic heterocycles. The average molecular weight is 335 g/mol. The van der Waals surface area contributed by atoms with Crippen LogP contribution in [0.15, 0.2) is 30.3 Å². The first-order chi connectivity index (χ1) is 12.3. The van der Waals surface area contributed by atoms with Gasteiger partial charge >= 0.3 is 0 Å². The molecule has 1 unspecified atom stereocenters. The molecule has 0 radical (unpaired) electrons. The van der Waals surface area contributed by atoms with Crippen molar-refractivity contribution in [2.75, 3.05) is 27.3 Å². The smallest absolute Gasteiger partial charge is 0.168 e. The second kappa shape index (κ2) is 5.77. The third-order valence-electron chi connectivity index (χ3n) is 6.13. The van der Waals surface area contributed by atoms with Gasteiger partial charge in [0.2, 0.25) is 0 Å². The van der Waals surface area contributed by atoms with Crippen molar-refractivity contribution in [3.8, 4) is 22.6 Å². The molecule has 2 aromatic carbocycles. The molecule has 1 heterocycles. The Labute approximate surface area is 149 Å². The Kier molecular flexibility index (Phi) is 3.53. The van der Waals surface area contributed by atoms with Crippen LogP contribution in [0, 0.1) is 5.92 Å². The number of hydrogen-bond donors (Lipinski definition) is 0. The van der Waals surface area contributed by atoms with Crippen LogP contribution < -0.4 is 9.47 Å². The molecule has 3 heteroatoms. The summed E-state index contributed by atoms with van der Waals surface area (Å²) >= 11 is 0. The van der Waals surface area contributed by atoms with Crippen LogP contribution in [0.3, 0.4) is 0 Å². The molecular formula is C22H25NO2. The maximum atomic E-state index is 5.85. The first-order valence-electron chi connectivity index (χ1n) is 9.40. The molecule has 2 aromatic rings. The molecule has 1 atom stereocenters. The highest BCUT2D eigenvalue weighted by molar-refractivity contribution is 5.83. The third-order valence-corrected chi connectivity index (χ3v) is 6.13. The summed E-state index contributed by atoms with van der Waals surface area (Å²) in [4.78, 5) is 2.73. The molecule has 3 nitrogen and oxygen atoms in total. The highest BCUT2D eigenvalue weighted by atomic mass is 16.5. The number of fused-ring (bicyclic) bond motifs is 2. The SMILES string of the molecule is COc1cc2c3c(c1OC)-c1ccccc1CC3N(CC1CC1)CC2. The van der Waals surface area contributed by atoms with Crippen molar-refractivity contribution in [2.45, 2.75) is 31.7 Å². The van der Waals surface area contributed by atoms with Crippen LogP contribution in [0.5, 0.6) is 11.5 Å². The van der Waals surface area contributed by atoms with E-state index in [-0.39, 0.29) is 0 Å². The Balaban J connectivity index is 1.73. The zero-order valence-corrected chi connectivity index (χ0v) is 15.0. The van der Waals surface area contributed by atoms with Crippen molar-refractivity contribution in [1.82, 2.24) is 4.90 Å². The van der Waals surface area contributed by atoms with E-state index in [9.17, 15) is 0 Å². The molecule has 3 aliphatic rings. The third kappa shape index (κ3) is 2.36. The topological polar surface area (TPSA) is 21.7 Å². The van der Waals surface area contributed by atoms with E-state index < -0.39 is 0 Å². The minimum atomic E-state index is 0.481. The van der Waals surface area contributed by atoms with Crippen LogP contribution in [0.25, 0.3) is 11.1 Å². The molecule has 1 fully saturated rings. The van der Waals surface area contributed by atoms with Gasteiger partial charge in [-0.25, -0.2) is 0 Å². The highest BCUT2D eigenvalue weighted by Crippen LogP contribution is 2.52. The van der Waals surface area contributed by atoms with E-state index in [4.69, 9.17) is 9.47 Å². The lowest BCUT2D eigenvalue weighted by atomic mass is 9.76. The number of methoxy groups -OCH3 is 2. The fraction of sp³-hybridized carbons (Fsp3) is 0.455. The minimum Gasteiger partial charge on any atom is -0.493 e. The van der Waals surface area contributed by atoms with Gasteiger partial charge in [0.25, 0.3) is 0 Å². The monoisotopic (exact) mass is 335 g/mol. The number of nitrogens with zero attached hydrogens (tertiary/aromatic N) is 1. The lowest BCUT2D eigenvalue weighted by molar-refractivity contribution is 0.174. The number of hydrogen-bond acceptors (Lipinski definition) is 3. The molecule has 0 saturated heterocycles. The summed E-state index contributed by atoms with van der Waals surface area (Å²) in [7, 11) is 3.50. The van der Waals surface area contributed by atoms with E-state index in [0.717, 1.165) is 36.8 Å². The van der Waals surface area contributed by atoms with Gasteiger partial charge in [-0.3, -0.25) is 4.90 Å². The van der Waals surface area contributed by atoms with Gasteiger partial charge in [0.15, 0.2) is 11.5 Å². The molecule has 5 rings (SSSR count). The van der Waals surface area contributed by atoms with E-state index in [1.807, 2.05) is 0 Å². The van der Waals surface area contributed by atoms with Crippen LogP contribution in [0.4, 0.5) is 0 Å². The van der Waals surface area contributed by atoms with Crippen LogP contribution in [-0.2, 0) is 12.8 Å². The highest BCUT2D eigenvalue weighted by Gasteiger charge is 2.39. The first-order valence-corrected chi connectivity index (χ1v) is 9.40. The Bertz CT molecular complexity index is 825. The quantitative estimate of drug-likeness (QED) is 0.834. The van der Waals surface area contributed by atoms with E-state index in [0.29, 0.717) is 6.04 Å². The molecule has 25 heavy (non-hydrogen) atoms. The first kappa shape index (κ1) is 15.3. The molecule has 130 valence electrons. The fourth-order valence-corrected chi connectivity index (χ4v) is 4.75.